The van der Waals surface area contributed by atoms with E-state index in [9.17, 15) is 18.3 Å². The van der Waals surface area contributed by atoms with Crippen molar-refractivity contribution in [2.24, 2.45) is 11.1 Å². The Morgan fingerprint density at radius 3 is 2.60 bits per heavy atom. The first-order chi connectivity index (χ1) is 9.17. The molecule has 3 N–H and O–H groups in total. The summed E-state index contributed by atoms with van der Waals surface area (Å²) in [7, 11) is -3.64. The van der Waals surface area contributed by atoms with E-state index in [-0.39, 0.29) is 40.4 Å². The first kappa shape index (κ1) is 15.4. The summed E-state index contributed by atoms with van der Waals surface area (Å²) in [6.45, 7) is 0.177. The van der Waals surface area contributed by atoms with Gasteiger partial charge in [0.15, 0.2) is 0 Å². The SMILES string of the molecule is NS(=O)(=O)CC1CC(=O)N(c2cc(O)c(Cl)cc2Cl)C1. The summed E-state index contributed by atoms with van der Waals surface area (Å²) in [5, 5.41) is 14.8. The highest BCUT2D eigenvalue weighted by Gasteiger charge is 2.34. The van der Waals surface area contributed by atoms with E-state index >= 15 is 0 Å². The number of carbonyl (C=O) groups is 1. The molecule has 1 fully saturated rings. The van der Waals surface area contributed by atoms with Crippen LogP contribution in [0.2, 0.25) is 10.0 Å². The molecule has 1 aromatic carbocycles. The number of nitrogens with zero attached hydrogens (tertiary/aromatic N) is 1. The van der Waals surface area contributed by atoms with Crippen molar-refractivity contribution in [1.29, 1.82) is 0 Å². The van der Waals surface area contributed by atoms with E-state index in [2.05, 4.69) is 0 Å². The number of aromatic hydroxyl groups is 1. The van der Waals surface area contributed by atoms with Crippen LogP contribution in [0.1, 0.15) is 6.42 Å². The molecular formula is C11H12Cl2N2O4S. The fourth-order valence-corrected chi connectivity index (χ4v) is 3.55. The molecule has 1 aliphatic heterocycles. The van der Waals surface area contributed by atoms with Crippen molar-refractivity contribution < 1.29 is 18.3 Å². The lowest BCUT2D eigenvalue weighted by molar-refractivity contribution is -0.117. The largest absolute Gasteiger partial charge is 0.506 e. The first-order valence-corrected chi connectivity index (χ1v) is 8.13. The van der Waals surface area contributed by atoms with E-state index in [0.29, 0.717) is 5.69 Å². The Balaban J connectivity index is 2.26. The predicted molar refractivity (Wildman–Crippen MR) is 76.6 cm³/mol. The van der Waals surface area contributed by atoms with Crippen LogP contribution in [0.3, 0.4) is 0 Å². The standard InChI is InChI=1S/C11H12Cl2N2O4S/c12-7-2-8(13)10(16)3-9(7)15-4-6(1-11(15)17)5-20(14,18)19/h2-3,6,16H,1,4-5H2,(H2,14,18,19). The van der Waals surface area contributed by atoms with Crippen molar-refractivity contribution in [2.45, 2.75) is 6.42 Å². The van der Waals surface area contributed by atoms with Gasteiger partial charge in [-0.05, 0) is 6.07 Å². The van der Waals surface area contributed by atoms with Gasteiger partial charge in [0.25, 0.3) is 0 Å². The highest BCUT2D eigenvalue weighted by molar-refractivity contribution is 7.89. The minimum Gasteiger partial charge on any atom is -0.506 e. The Morgan fingerprint density at radius 1 is 1.35 bits per heavy atom. The zero-order valence-corrected chi connectivity index (χ0v) is 12.5. The third-order valence-electron chi connectivity index (χ3n) is 2.98. The van der Waals surface area contributed by atoms with Crippen molar-refractivity contribution in [2.75, 3.05) is 17.2 Å². The molecule has 1 unspecified atom stereocenters. The van der Waals surface area contributed by atoms with E-state index in [0.717, 1.165) is 0 Å². The molecule has 6 nitrogen and oxygen atoms in total. The number of hydrogen-bond donors (Lipinski definition) is 2. The van der Waals surface area contributed by atoms with Crippen LogP contribution in [0.15, 0.2) is 12.1 Å². The number of primary sulfonamides is 1. The number of carbonyl (C=O) groups excluding carboxylic acids is 1. The van der Waals surface area contributed by atoms with Gasteiger partial charge in [0, 0.05) is 24.9 Å². The van der Waals surface area contributed by atoms with Gasteiger partial charge in [-0.1, -0.05) is 23.2 Å². The van der Waals surface area contributed by atoms with E-state index in [1.807, 2.05) is 0 Å². The van der Waals surface area contributed by atoms with Gasteiger partial charge in [0.05, 0.1) is 21.5 Å². The Kier molecular flexibility index (Phi) is 4.15. The monoisotopic (exact) mass is 338 g/mol. The Morgan fingerprint density at radius 2 is 2.00 bits per heavy atom. The van der Waals surface area contributed by atoms with Crippen LogP contribution in [0.4, 0.5) is 5.69 Å². The van der Waals surface area contributed by atoms with Crippen LogP contribution < -0.4 is 10.0 Å². The smallest absolute Gasteiger partial charge is 0.227 e. The maximum Gasteiger partial charge on any atom is 0.227 e. The number of sulfonamides is 1. The summed E-state index contributed by atoms with van der Waals surface area (Å²) in [5.74, 6) is -1.14. The minimum atomic E-state index is -3.64. The highest BCUT2D eigenvalue weighted by atomic mass is 35.5. The molecule has 0 aromatic heterocycles. The molecule has 1 saturated heterocycles. The molecule has 9 heteroatoms. The molecule has 1 aliphatic rings. The molecule has 20 heavy (non-hydrogen) atoms. The third kappa shape index (κ3) is 3.35. The van der Waals surface area contributed by atoms with E-state index in [1.54, 1.807) is 0 Å². The fourth-order valence-electron chi connectivity index (χ4n) is 2.19. The second-order valence-electron chi connectivity index (χ2n) is 4.66. The van der Waals surface area contributed by atoms with Gasteiger partial charge in [-0.2, -0.15) is 0 Å². The number of phenolic OH excluding ortho intramolecular Hbond substituents is 1. The molecule has 1 heterocycles. The summed E-state index contributed by atoms with van der Waals surface area (Å²) in [4.78, 5) is 13.3. The molecule has 0 saturated carbocycles. The second-order valence-corrected chi connectivity index (χ2v) is 7.13. The molecule has 2 rings (SSSR count). The second kappa shape index (κ2) is 5.40. The number of phenols is 1. The number of nitrogens with two attached hydrogens (primary N) is 1. The van der Waals surface area contributed by atoms with Crippen molar-refractivity contribution in [3.8, 4) is 5.75 Å². The number of hydrogen-bond acceptors (Lipinski definition) is 4. The van der Waals surface area contributed by atoms with Gasteiger partial charge < -0.3 is 10.0 Å². The lowest BCUT2D eigenvalue weighted by Crippen LogP contribution is -2.27. The summed E-state index contributed by atoms with van der Waals surface area (Å²) >= 11 is 11.7. The number of anilines is 1. The van der Waals surface area contributed by atoms with Crippen LogP contribution in [-0.2, 0) is 14.8 Å². The average molecular weight is 339 g/mol. The van der Waals surface area contributed by atoms with Gasteiger partial charge in [0.2, 0.25) is 15.9 Å². The van der Waals surface area contributed by atoms with Crippen molar-refractivity contribution in [1.82, 2.24) is 0 Å². The van der Waals surface area contributed by atoms with Gasteiger partial charge in [-0.25, -0.2) is 13.6 Å². The van der Waals surface area contributed by atoms with E-state index < -0.39 is 15.9 Å². The van der Waals surface area contributed by atoms with Crippen LogP contribution in [0.25, 0.3) is 0 Å². The van der Waals surface area contributed by atoms with Gasteiger partial charge in [-0.3, -0.25) is 4.79 Å². The van der Waals surface area contributed by atoms with Crippen LogP contribution in [0.5, 0.6) is 5.75 Å². The maximum atomic E-state index is 11.9. The Bertz CT molecular complexity index is 663. The maximum absolute atomic E-state index is 11.9. The molecule has 1 amide bonds. The molecule has 0 radical (unpaired) electrons. The first-order valence-electron chi connectivity index (χ1n) is 5.66. The zero-order chi connectivity index (χ0) is 15.1. The van der Waals surface area contributed by atoms with Gasteiger partial charge >= 0.3 is 0 Å². The van der Waals surface area contributed by atoms with Crippen molar-refractivity contribution >= 4 is 44.8 Å². The van der Waals surface area contributed by atoms with E-state index in [1.165, 1.54) is 17.0 Å². The summed E-state index contributed by atoms with van der Waals surface area (Å²) in [6.07, 6.45) is 0.0656. The molecule has 110 valence electrons. The lowest BCUT2D eigenvalue weighted by atomic mass is 10.1. The molecular weight excluding hydrogens is 327 g/mol. The summed E-state index contributed by atoms with van der Waals surface area (Å²) in [6, 6.07) is 2.61. The predicted octanol–water partition coefficient (Wildman–Crippen LogP) is 1.34. The van der Waals surface area contributed by atoms with Gasteiger partial charge in [-0.15, -0.1) is 0 Å². The van der Waals surface area contributed by atoms with Crippen LogP contribution in [0, 0.1) is 5.92 Å². The topological polar surface area (TPSA) is 101 Å². The molecule has 0 aliphatic carbocycles. The zero-order valence-electron chi connectivity index (χ0n) is 10.2. The summed E-state index contributed by atoms with van der Waals surface area (Å²) in [5.41, 5.74) is 0.301. The molecule has 0 bridgehead atoms. The lowest BCUT2D eigenvalue weighted by Gasteiger charge is -2.18. The number of rotatable bonds is 3. The fraction of sp³-hybridized carbons (Fsp3) is 0.364. The van der Waals surface area contributed by atoms with Gasteiger partial charge in [0.1, 0.15) is 5.75 Å². The molecule has 0 spiro atoms. The van der Waals surface area contributed by atoms with E-state index in [4.69, 9.17) is 28.3 Å². The van der Waals surface area contributed by atoms with Crippen molar-refractivity contribution in [3.63, 3.8) is 0 Å². The molecule has 1 atom stereocenters. The summed E-state index contributed by atoms with van der Waals surface area (Å²) < 4.78 is 22.1. The Labute approximate surface area is 126 Å². The van der Waals surface area contributed by atoms with Crippen LogP contribution >= 0.6 is 23.2 Å². The normalized spacial score (nSPS) is 19.6. The van der Waals surface area contributed by atoms with Crippen molar-refractivity contribution in [3.05, 3.63) is 22.2 Å². The minimum absolute atomic E-state index is 0.0656. The average Bonchev–Trinajstić information content (AvgIpc) is 2.62. The molecule has 1 aromatic rings. The number of amides is 1. The number of halogens is 2. The Hall–Kier alpha value is -1.02. The third-order valence-corrected chi connectivity index (χ3v) is 4.52. The van der Waals surface area contributed by atoms with Crippen LogP contribution in [-0.4, -0.2) is 31.7 Å². The number of benzene rings is 1. The highest BCUT2D eigenvalue weighted by Crippen LogP contribution is 2.38. The quantitative estimate of drug-likeness (QED) is 0.868.